The standard InChI is InChI=1S/C31H37Cl2N3O5S/c1-6-27(31(38)34-18-21(2)3)35(19-24-25(32)13-10-14-26(24)33)30(37)20-36(28-17-22(4)15-16-29(28)41-5)42(39,40)23-11-8-7-9-12-23/h7-17,21,27H,6,18-20H2,1-5H3,(H,34,38)/t27-/m0/s1. The number of carbonyl (C=O) groups is 2. The highest BCUT2D eigenvalue weighted by Crippen LogP contribution is 2.34. The van der Waals surface area contributed by atoms with E-state index < -0.39 is 28.5 Å². The van der Waals surface area contributed by atoms with Gasteiger partial charge in [0.1, 0.15) is 18.3 Å². The third kappa shape index (κ3) is 7.96. The van der Waals surface area contributed by atoms with Gasteiger partial charge in [0.15, 0.2) is 0 Å². The number of benzene rings is 3. The second-order valence-corrected chi connectivity index (χ2v) is 13.0. The highest BCUT2D eigenvalue weighted by molar-refractivity contribution is 7.92. The van der Waals surface area contributed by atoms with Gasteiger partial charge in [0, 0.05) is 28.7 Å². The van der Waals surface area contributed by atoms with Crippen LogP contribution in [0.2, 0.25) is 10.0 Å². The van der Waals surface area contributed by atoms with E-state index in [-0.39, 0.29) is 41.1 Å². The molecule has 0 aliphatic heterocycles. The van der Waals surface area contributed by atoms with Crippen molar-refractivity contribution in [1.82, 2.24) is 10.2 Å². The van der Waals surface area contributed by atoms with Crippen molar-refractivity contribution in [3.8, 4) is 5.75 Å². The summed E-state index contributed by atoms with van der Waals surface area (Å²) in [6, 6.07) is 17.0. The van der Waals surface area contributed by atoms with Gasteiger partial charge in [0.05, 0.1) is 17.7 Å². The molecular formula is C31H37Cl2N3O5S. The maximum atomic E-state index is 14.3. The van der Waals surface area contributed by atoms with Crippen molar-refractivity contribution in [2.45, 2.75) is 51.6 Å². The Labute approximate surface area is 258 Å². The van der Waals surface area contributed by atoms with Gasteiger partial charge in [-0.05, 0) is 61.2 Å². The molecule has 0 saturated heterocycles. The van der Waals surface area contributed by atoms with Crippen LogP contribution in [0.5, 0.6) is 5.75 Å². The predicted octanol–water partition coefficient (Wildman–Crippen LogP) is 6.09. The Morgan fingerprint density at radius 1 is 0.976 bits per heavy atom. The molecule has 0 aliphatic carbocycles. The lowest BCUT2D eigenvalue weighted by Crippen LogP contribution is -2.52. The van der Waals surface area contributed by atoms with Gasteiger partial charge in [0.2, 0.25) is 11.8 Å². The van der Waals surface area contributed by atoms with Crippen LogP contribution in [-0.2, 0) is 26.2 Å². The van der Waals surface area contributed by atoms with Crippen LogP contribution in [0, 0.1) is 12.8 Å². The Morgan fingerprint density at radius 2 is 1.62 bits per heavy atom. The molecule has 0 spiro atoms. The number of nitrogens with zero attached hydrogens (tertiary/aromatic N) is 2. The lowest BCUT2D eigenvalue weighted by molar-refractivity contribution is -0.140. The molecular weight excluding hydrogens is 597 g/mol. The van der Waals surface area contributed by atoms with E-state index in [1.165, 1.54) is 24.1 Å². The molecule has 3 aromatic carbocycles. The summed E-state index contributed by atoms with van der Waals surface area (Å²) in [5.41, 5.74) is 1.42. The SMILES string of the molecule is CC[C@@H](C(=O)NCC(C)C)N(Cc1c(Cl)cccc1Cl)C(=O)CN(c1cc(C)ccc1OC)S(=O)(=O)c1ccccc1. The average molecular weight is 635 g/mol. The number of amides is 2. The van der Waals surface area contributed by atoms with Crippen LogP contribution in [0.15, 0.2) is 71.6 Å². The molecule has 2 amide bonds. The molecule has 11 heteroatoms. The van der Waals surface area contributed by atoms with Crippen LogP contribution in [0.4, 0.5) is 5.69 Å². The minimum Gasteiger partial charge on any atom is -0.495 e. The summed E-state index contributed by atoms with van der Waals surface area (Å²) in [7, 11) is -2.81. The van der Waals surface area contributed by atoms with Gasteiger partial charge < -0.3 is 15.0 Å². The van der Waals surface area contributed by atoms with Gasteiger partial charge >= 0.3 is 0 Å². The molecule has 0 aliphatic rings. The van der Waals surface area contributed by atoms with Crippen LogP contribution in [0.1, 0.15) is 38.3 Å². The fourth-order valence-corrected chi connectivity index (χ4v) is 6.38. The first-order valence-corrected chi connectivity index (χ1v) is 15.8. The molecule has 0 fully saturated rings. The number of hydrogen-bond donors (Lipinski definition) is 1. The van der Waals surface area contributed by atoms with Crippen molar-refractivity contribution >= 4 is 50.7 Å². The van der Waals surface area contributed by atoms with Crippen molar-refractivity contribution in [3.63, 3.8) is 0 Å². The Bertz CT molecular complexity index is 1480. The quantitative estimate of drug-likeness (QED) is 0.246. The molecule has 42 heavy (non-hydrogen) atoms. The highest BCUT2D eigenvalue weighted by Gasteiger charge is 2.35. The maximum absolute atomic E-state index is 14.3. The van der Waals surface area contributed by atoms with Crippen molar-refractivity contribution in [1.29, 1.82) is 0 Å². The molecule has 3 rings (SSSR count). The first-order chi connectivity index (χ1) is 19.9. The van der Waals surface area contributed by atoms with Crippen molar-refractivity contribution in [2.24, 2.45) is 5.92 Å². The second-order valence-electron chi connectivity index (χ2n) is 10.3. The normalized spacial score (nSPS) is 12.1. The number of nitrogens with one attached hydrogen (secondary N) is 1. The highest BCUT2D eigenvalue weighted by atomic mass is 35.5. The van der Waals surface area contributed by atoms with E-state index in [1.807, 2.05) is 20.8 Å². The smallest absolute Gasteiger partial charge is 0.264 e. The molecule has 1 atom stereocenters. The van der Waals surface area contributed by atoms with Gasteiger partial charge in [-0.25, -0.2) is 8.42 Å². The van der Waals surface area contributed by atoms with Crippen LogP contribution in [0.3, 0.4) is 0 Å². The molecule has 0 radical (unpaired) electrons. The van der Waals surface area contributed by atoms with E-state index in [9.17, 15) is 18.0 Å². The molecule has 0 saturated carbocycles. The van der Waals surface area contributed by atoms with Crippen LogP contribution < -0.4 is 14.4 Å². The molecule has 226 valence electrons. The lowest BCUT2D eigenvalue weighted by Gasteiger charge is -2.34. The number of carbonyl (C=O) groups excluding carboxylic acids is 2. The van der Waals surface area contributed by atoms with Crippen molar-refractivity contribution in [2.75, 3.05) is 24.5 Å². The minimum absolute atomic E-state index is 0.00350. The number of sulfonamides is 1. The van der Waals surface area contributed by atoms with E-state index in [1.54, 1.807) is 61.5 Å². The zero-order valence-corrected chi connectivity index (χ0v) is 26.8. The van der Waals surface area contributed by atoms with Gasteiger partial charge in [-0.1, -0.05) is 74.3 Å². The number of methoxy groups -OCH3 is 1. The third-order valence-electron chi connectivity index (χ3n) is 6.67. The van der Waals surface area contributed by atoms with Gasteiger partial charge in [0.25, 0.3) is 10.0 Å². The number of ether oxygens (including phenoxy) is 1. The monoisotopic (exact) mass is 633 g/mol. The Balaban J connectivity index is 2.14. The number of aryl methyl sites for hydroxylation is 1. The summed E-state index contributed by atoms with van der Waals surface area (Å²) < 4.78 is 34.7. The summed E-state index contributed by atoms with van der Waals surface area (Å²) in [5.74, 6) is -0.502. The number of halogens is 2. The minimum atomic E-state index is -4.24. The fraction of sp³-hybridized carbons (Fsp3) is 0.355. The molecule has 0 bridgehead atoms. The van der Waals surface area contributed by atoms with Crippen LogP contribution in [0.25, 0.3) is 0 Å². The summed E-state index contributed by atoms with van der Waals surface area (Å²) >= 11 is 12.9. The molecule has 0 aromatic heterocycles. The summed E-state index contributed by atoms with van der Waals surface area (Å²) in [5, 5.41) is 3.55. The Morgan fingerprint density at radius 3 is 2.19 bits per heavy atom. The Kier molecular flexibility index (Phi) is 11.7. The summed E-state index contributed by atoms with van der Waals surface area (Å²) in [6.07, 6.45) is 0.275. The molecule has 0 unspecified atom stereocenters. The summed E-state index contributed by atoms with van der Waals surface area (Å²) in [4.78, 5) is 29.0. The van der Waals surface area contributed by atoms with E-state index in [0.29, 0.717) is 22.2 Å². The first kappa shape index (κ1) is 33.2. The largest absolute Gasteiger partial charge is 0.495 e. The second kappa shape index (κ2) is 14.8. The molecule has 1 N–H and O–H groups in total. The molecule has 8 nitrogen and oxygen atoms in total. The van der Waals surface area contributed by atoms with Crippen molar-refractivity contribution < 1.29 is 22.7 Å². The predicted molar refractivity (Wildman–Crippen MR) is 168 cm³/mol. The number of hydrogen-bond acceptors (Lipinski definition) is 5. The lowest BCUT2D eigenvalue weighted by atomic mass is 10.1. The first-order valence-electron chi connectivity index (χ1n) is 13.6. The van der Waals surface area contributed by atoms with E-state index >= 15 is 0 Å². The maximum Gasteiger partial charge on any atom is 0.264 e. The van der Waals surface area contributed by atoms with E-state index in [0.717, 1.165) is 9.87 Å². The van der Waals surface area contributed by atoms with Gasteiger partial charge in [-0.15, -0.1) is 0 Å². The van der Waals surface area contributed by atoms with E-state index in [4.69, 9.17) is 27.9 Å². The average Bonchev–Trinajstić information content (AvgIpc) is 2.96. The zero-order valence-electron chi connectivity index (χ0n) is 24.4. The number of rotatable bonds is 13. The van der Waals surface area contributed by atoms with E-state index in [2.05, 4.69) is 5.32 Å². The van der Waals surface area contributed by atoms with Gasteiger partial charge in [-0.3, -0.25) is 13.9 Å². The number of anilines is 1. The van der Waals surface area contributed by atoms with Crippen LogP contribution in [-0.4, -0.2) is 51.4 Å². The zero-order chi connectivity index (χ0) is 31.0. The fourth-order valence-electron chi connectivity index (χ4n) is 4.42. The topological polar surface area (TPSA) is 96.0 Å². The summed E-state index contributed by atoms with van der Waals surface area (Å²) in [6.45, 7) is 7.25. The van der Waals surface area contributed by atoms with Crippen molar-refractivity contribution in [3.05, 3.63) is 87.9 Å². The Hall–Kier alpha value is -3.27. The van der Waals surface area contributed by atoms with Crippen LogP contribution >= 0.6 is 23.2 Å². The molecule has 3 aromatic rings. The molecule has 0 heterocycles. The third-order valence-corrected chi connectivity index (χ3v) is 9.16. The van der Waals surface area contributed by atoms with Gasteiger partial charge in [-0.2, -0.15) is 0 Å².